The van der Waals surface area contributed by atoms with E-state index in [4.69, 9.17) is 25.8 Å². The number of rotatable bonds is 7. The summed E-state index contributed by atoms with van der Waals surface area (Å²) in [7, 11) is 0. The Morgan fingerprint density at radius 1 is 0.957 bits per heavy atom. The Morgan fingerprint density at radius 2 is 1.74 bits per heavy atom. The second-order valence-corrected chi connectivity index (χ2v) is 5.91. The molecule has 124 valence electrons. The summed E-state index contributed by atoms with van der Waals surface area (Å²) in [5.41, 5.74) is 0. The monoisotopic (exact) mass is 335 g/mol. The van der Waals surface area contributed by atoms with Gasteiger partial charge in [0.05, 0.1) is 26.4 Å². The molecule has 0 aromatic heterocycles. The Morgan fingerprint density at radius 3 is 2.57 bits per heavy atom. The van der Waals surface area contributed by atoms with Crippen LogP contribution in [0.1, 0.15) is 0 Å². The van der Waals surface area contributed by atoms with Gasteiger partial charge in [0.2, 0.25) is 0 Å². The Kier molecular flexibility index (Phi) is 6.11. The predicted molar refractivity (Wildman–Crippen MR) is 92.5 cm³/mol. The first-order valence-corrected chi connectivity index (χ1v) is 8.40. The second-order valence-electron chi connectivity index (χ2n) is 5.51. The molecular weight excluding hydrogens is 314 g/mol. The van der Waals surface area contributed by atoms with Crippen molar-refractivity contribution in [1.29, 1.82) is 0 Å². The van der Waals surface area contributed by atoms with E-state index in [0.717, 1.165) is 61.0 Å². The molecule has 0 bridgehead atoms. The molecule has 0 spiro atoms. The van der Waals surface area contributed by atoms with Gasteiger partial charge in [-0.3, -0.25) is 4.90 Å². The topological polar surface area (TPSA) is 30.9 Å². The fourth-order valence-electron chi connectivity index (χ4n) is 2.69. The number of halogens is 1. The molecule has 0 atom stereocenters. The van der Waals surface area contributed by atoms with Crippen molar-refractivity contribution in [2.75, 3.05) is 52.7 Å². The van der Waals surface area contributed by atoms with Crippen LogP contribution >= 0.6 is 11.6 Å². The summed E-state index contributed by atoms with van der Waals surface area (Å²) < 4.78 is 16.8. The summed E-state index contributed by atoms with van der Waals surface area (Å²) >= 11 is 6.21. The van der Waals surface area contributed by atoms with E-state index in [1.807, 2.05) is 36.4 Å². The van der Waals surface area contributed by atoms with Crippen LogP contribution in [0.4, 0.5) is 0 Å². The first-order valence-electron chi connectivity index (χ1n) is 8.02. The Labute approximate surface area is 141 Å². The fraction of sp³-hybridized carbons (Fsp3) is 0.444. The zero-order valence-corrected chi connectivity index (χ0v) is 13.9. The number of hydrogen-bond acceptors (Lipinski definition) is 4. The fourth-order valence-corrected chi connectivity index (χ4v) is 2.92. The summed E-state index contributed by atoms with van der Waals surface area (Å²) in [4.78, 5) is 2.36. The number of nitrogens with zero attached hydrogens (tertiary/aromatic N) is 1. The van der Waals surface area contributed by atoms with Gasteiger partial charge in [0.25, 0.3) is 0 Å². The van der Waals surface area contributed by atoms with Gasteiger partial charge < -0.3 is 14.2 Å². The molecule has 23 heavy (non-hydrogen) atoms. The lowest BCUT2D eigenvalue weighted by Gasteiger charge is -2.26. The number of hydrogen-bond donors (Lipinski definition) is 0. The van der Waals surface area contributed by atoms with Crippen LogP contribution in [0.15, 0.2) is 36.4 Å². The number of ether oxygens (including phenoxy) is 3. The van der Waals surface area contributed by atoms with E-state index in [1.54, 1.807) is 0 Å². The number of morpholine rings is 1. The van der Waals surface area contributed by atoms with Crippen LogP contribution in [-0.2, 0) is 9.47 Å². The van der Waals surface area contributed by atoms with E-state index >= 15 is 0 Å². The van der Waals surface area contributed by atoms with Crippen molar-refractivity contribution in [3.05, 3.63) is 41.4 Å². The summed E-state index contributed by atoms with van der Waals surface area (Å²) in [5.74, 6) is 0.849. The molecule has 0 amide bonds. The van der Waals surface area contributed by atoms with Gasteiger partial charge in [0.15, 0.2) is 0 Å². The summed E-state index contributed by atoms with van der Waals surface area (Å²) in [6.45, 7) is 6.45. The van der Waals surface area contributed by atoms with Crippen LogP contribution in [0.2, 0.25) is 5.02 Å². The molecule has 0 saturated carbocycles. The van der Waals surface area contributed by atoms with Gasteiger partial charge in [0, 0.05) is 35.4 Å². The predicted octanol–water partition coefficient (Wildman–Crippen LogP) is 3.22. The third-order valence-electron chi connectivity index (χ3n) is 3.97. The molecule has 2 aromatic rings. The standard InChI is InChI=1S/C18H22ClNO3/c19-17-5-6-18(16-4-2-1-3-15(16)17)23-14-13-22-12-9-20-7-10-21-11-8-20/h1-6H,7-14H2. The Hall–Kier alpha value is -1.33. The highest BCUT2D eigenvalue weighted by atomic mass is 35.5. The van der Waals surface area contributed by atoms with E-state index < -0.39 is 0 Å². The van der Waals surface area contributed by atoms with Crippen molar-refractivity contribution in [3.8, 4) is 5.75 Å². The third-order valence-corrected chi connectivity index (χ3v) is 4.30. The van der Waals surface area contributed by atoms with Crippen molar-refractivity contribution >= 4 is 22.4 Å². The zero-order chi connectivity index (χ0) is 15.9. The van der Waals surface area contributed by atoms with Crippen molar-refractivity contribution in [2.24, 2.45) is 0 Å². The Balaban J connectivity index is 1.41. The minimum atomic E-state index is 0.536. The maximum absolute atomic E-state index is 6.21. The van der Waals surface area contributed by atoms with Gasteiger partial charge in [-0.1, -0.05) is 35.9 Å². The highest BCUT2D eigenvalue weighted by Crippen LogP contribution is 2.31. The summed E-state index contributed by atoms with van der Waals surface area (Å²) in [6.07, 6.45) is 0. The Bertz CT molecular complexity index is 629. The molecule has 1 fully saturated rings. The lowest BCUT2D eigenvalue weighted by Crippen LogP contribution is -2.38. The minimum Gasteiger partial charge on any atom is -0.491 e. The molecule has 1 aliphatic heterocycles. The van der Waals surface area contributed by atoms with Crippen molar-refractivity contribution in [1.82, 2.24) is 4.90 Å². The average molecular weight is 336 g/mol. The van der Waals surface area contributed by atoms with Crippen molar-refractivity contribution < 1.29 is 14.2 Å². The normalized spacial score (nSPS) is 15.9. The molecule has 1 aliphatic rings. The maximum atomic E-state index is 6.21. The molecule has 4 nitrogen and oxygen atoms in total. The second kappa shape index (κ2) is 8.50. The highest BCUT2D eigenvalue weighted by molar-refractivity contribution is 6.35. The van der Waals surface area contributed by atoms with E-state index in [0.29, 0.717) is 13.2 Å². The zero-order valence-electron chi connectivity index (χ0n) is 13.2. The molecule has 5 heteroatoms. The van der Waals surface area contributed by atoms with E-state index in [9.17, 15) is 0 Å². The summed E-state index contributed by atoms with van der Waals surface area (Å²) in [5, 5.41) is 2.79. The summed E-state index contributed by atoms with van der Waals surface area (Å²) in [6, 6.07) is 11.8. The molecule has 0 unspecified atom stereocenters. The smallest absolute Gasteiger partial charge is 0.127 e. The van der Waals surface area contributed by atoms with Crippen molar-refractivity contribution in [3.63, 3.8) is 0 Å². The van der Waals surface area contributed by atoms with Crippen LogP contribution in [0, 0.1) is 0 Å². The molecule has 2 aromatic carbocycles. The molecule has 1 saturated heterocycles. The van der Waals surface area contributed by atoms with Gasteiger partial charge in [-0.15, -0.1) is 0 Å². The van der Waals surface area contributed by atoms with Gasteiger partial charge in [0.1, 0.15) is 12.4 Å². The number of benzene rings is 2. The minimum absolute atomic E-state index is 0.536. The van der Waals surface area contributed by atoms with Gasteiger partial charge >= 0.3 is 0 Å². The van der Waals surface area contributed by atoms with Gasteiger partial charge in [-0.05, 0) is 12.1 Å². The van der Waals surface area contributed by atoms with Crippen LogP contribution in [0.25, 0.3) is 10.8 Å². The lowest BCUT2D eigenvalue weighted by atomic mass is 10.1. The first-order chi connectivity index (χ1) is 11.3. The van der Waals surface area contributed by atoms with Crippen LogP contribution in [0.5, 0.6) is 5.75 Å². The third kappa shape index (κ3) is 4.58. The van der Waals surface area contributed by atoms with Crippen LogP contribution < -0.4 is 4.74 Å². The van der Waals surface area contributed by atoms with E-state index in [-0.39, 0.29) is 0 Å². The lowest BCUT2D eigenvalue weighted by molar-refractivity contribution is 0.0171. The van der Waals surface area contributed by atoms with Crippen LogP contribution in [0.3, 0.4) is 0 Å². The average Bonchev–Trinajstić information content (AvgIpc) is 2.61. The largest absolute Gasteiger partial charge is 0.491 e. The van der Waals surface area contributed by atoms with E-state index in [1.165, 1.54) is 0 Å². The molecule has 0 radical (unpaired) electrons. The number of fused-ring (bicyclic) bond motifs is 1. The van der Waals surface area contributed by atoms with Gasteiger partial charge in [-0.25, -0.2) is 0 Å². The molecule has 3 rings (SSSR count). The van der Waals surface area contributed by atoms with Crippen molar-refractivity contribution in [2.45, 2.75) is 0 Å². The van der Waals surface area contributed by atoms with Gasteiger partial charge in [-0.2, -0.15) is 0 Å². The van der Waals surface area contributed by atoms with E-state index in [2.05, 4.69) is 4.90 Å². The molecule has 0 aliphatic carbocycles. The molecular formula is C18H22ClNO3. The first kappa shape index (κ1) is 16.5. The quantitative estimate of drug-likeness (QED) is 0.727. The molecule has 1 heterocycles. The molecule has 0 N–H and O–H groups in total. The maximum Gasteiger partial charge on any atom is 0.127 e. The highest BCUT2D eigenvalue weighted by Gasteiger charge is 2.09. The van der Waals surface area contributed by atoms with Crippen LogP contribution in [-0.4, -0.2) is 57.6 Å². The SMILES string of the molecule is Clc1ccc(OCCOCCN2CCOCC2)c2ccccc12.